The van der Waals surface area contributed by atoms with Gasteiger partial charge in [0.25, 0.3) is 0 Å². The third kappa shape index (κ3) is 2.73. The number of carbonyl (C=O) groups excluding carboxylic acids is 1. The fourth-order valence-electron chi connectivity index (χ4n) is 4.09. The van der Waals surface area contributed by atoms with Gasteiger partial charge in [0.2, 0.25) is 0 Å². The fourth-order valence-corrected chi connectivity index (χ4v) is 4.44. The van der Waals surface area contributed by atoms with Gasteiger partial charge in [-0.2, -0.15) is 0 Å². The minimum atomic E-state index is -0.248. The number of hydrogen-bond acceptors (Lipinski definition) is 2. The Balaban J connectivity index is 1.57. The molecule has 2 aromatic carbocycles. The van der Waals surface area contributed by atoms with E-state index in [4.69, 9.17) is 4.74 Å². The monoisotopic (exact) mass is 385 g/mol. The number of amides is 1. The van der Waals surface area contributed by atoms with Crippen molar-refractivity contribution >= 4 is 27.7 Å². The van der Waals surface area contributed by atoms with E-state index in [-0.39, 0.29) is 11.5 Å². The van der Waals surface area contributed by atoms with Gasteiger partial charge in [0.1, 0.15) is 6.61 Å². The van der Waals surface area contributed by atoms with Crippen molar-refractivity contribution < 1.29 is 9.53 Å². The first-order valence-electron chi connectivity index (χ1n) is 8.46. The number of rotatable bonds is 2. The van der Waals surface area contributed by atoms with Gasteiger partial charge >= 0.3 is 6.09 Å². The molecular formula is C20H20BrNO2. The van der Waals surface area contributed by atoms with Gasteiger partial charge in [0.05, 0.1) is 5.69 Å². The lowest BCUT2D eigenvalue weighted by Gasteiger charge is -2.24. The minimum Gasteiger partial charge on any atom is -0.444 e. The van der Waals surface area contributed by atoms with E-state index in [9.17, 15) is 4.79 Å². The van der Waals surface area contributed by atoms with Crippen molar-refractivity contribution in [3.63, 3.8) is 0 Å². The van der Waals surface area contributed by atoms with E-state index in [1.54, 1.807) is 0 Å². The van der Waals surface area contributed by atoms with Crippen molar-refractivity contribution in [3.05, 3.63) is 64.1 Å². The summed E-state index contributed by atoms with van der Waals surface area (Å²) in [6, 6.07) is 16.1. The molecule has 1 fully saturated rings. The first-order chi connectivity index (χ1) is 11.7. The molecule has 0 N–H and O–H groups in total. The first-order valence-corrected chi connectivity index (χ1v) is 9.26. The molecule has 3 nitrogen and oxygen atoms in total. The standard InChI is InChI=1S/C20H20BrNO2/c21-16-8-9-17-18(12-16)22(14-20(17)10-4-5-11-20)19(23)24-13-15-6-2-1-3-7-15/h1-3,6-9,12H,4-5,10-11,13-14H2. The summed E-state index contributed by atoms with van der Waals surface area (Å²) in [7, 11) is 0. The highest BCUT2D eigenvalue weighted by Crippen LogP contribution is 2.51. The average Bonchev–Trinajstić information content (AvgIpc) is 3.20. The minimum absolute atomic E-state index is 0.127. The van der Waals surface area contributed by atoms with Gasteiger partial charge in [-0.25, -0.2) is 4.79 Å². The summed E-state index contributed by atoms with van der Waals surface area (Å²) in [5.41, 5.74) is 3.45. The number of carbonyl (C=O) groups is 1. The van der Waals surface area contributed by atoms with Crippen molar-refractivity contribution in [2.24, 2.45) is 0 Å². The molecule has 0 bridgehead atoms. The molecular weight excluding hydrogens is 366 g/mol. The molecule has 0 saturated heterocycles. The Morgan fingerprint density at radius 2 is 1.88 bits per heavy atom. The molecule has 124 valence electrons. The Morgan fingerprint density at radius 3 is 2.62 bits per heavy atom. The Bertz CT molecular complexity index is 753. The lowest BCUT2D eigenvalue weighted by Crippen LogP contribution is -2.35. The lowest BCUT2D eigenvalue weighted by atomic mass is 9.81. The van der Waals surface area contributed by atoms with Crippen LogP contribution in [0.25, 0.3) is 0 Å². The Morgan fingerprint density at radius 1 is 1.12 bits per heavy atom. The molecule has 1 spiro atoms. The molecule has 4 heteroatoms. The highest BCUT2D eigenvalue weighted by Gasteiger charge is 2.46. The molecule has 1 aliphatic carbocycles. The molecule has 2 aliphatic rings. The Labute approximate surface area is 150 Å². The molecule has 24 heavy (non-hydrogen) atoms. The zero-order chi connectivity index (χ0) is 16.6. The fraction of sp³-hybridized carbons (Fsp3) is 0.350. The Kier molecular flexibility index (Phi) is 4.09. The summed E-state index contributed by atoms with van der Waals surface area (Å²) in [6.07, 6.45) is 4.54. The summed E-state index contributed by atoms with van der Waals surface area (Å²) in [4.78, 5) is 14.5. The van der Waals surface area contributed by atoms with Gasteiger partial charge in [0, 0.05) is 16.4 Å². The van der Waals surface area contributed by atoms with Crippen LogP contribution in [-0.2, 0) is 16.8 Å². The molecule has 2 aromatic rings. The number of ether oxygens (including phenoxy) is 1. The molecule has 0 radical (unpaired) electrons. The van der Waals surface area contributed by atoms with Crippen LogP contribution in [0, 0.1) is 0 Å². The van der Waals surface area contributed by atoms with Gasteiger partial charge in [-0.3, -0.25) is 4.90 Å². The van der Waals surface area contributed by atoms with Crippen LogP contribution in [0.5, 0.6) is 0 Å². The van der Waals surface area contributed by atoms with Gasteiger partial charge in [-0.05, 0) is 36.1 Å². The molecule has 1 amide bonds. The SMILES string of the molecule is O=C(OCc1ccccc1)N1CC2(CCCC2)c2ccc(Br)cc21. The number of halogens is 1. The van der Waals surface area contributed by atoms with Crippen molar-refractivity contribution in [1.82, 2.24) is 0 Å². The maximum Gasteiger partial charge on any atom is 0.414 e. The average molecular weight is 386 g/mol. The van der Waals surface area contributed by atoms with Crippen LogP contribution in [0.15, 0.2) is 53.0 Å². The van der Waals surface area contributed by atoms with Crippen molar-refractivity contribution in [1.29, 1.82) is 0 Å². The first kappa shape index (κ1) is 15.7. The van der Waals surface area contributed by atoms with Gasteiger partial charge in [-0.1, -0.05) is 65.2 Å². The smallest absolute Gasteiger partial charge is 0.414 e. The molecule has 1 aliphatic heterocycles. The van der Waals surface area contributed by atoms with Crippen molar-refractivity contribution in [2.45, 2.75) is 37.7 Å². The van der Waals surface area contributed by atoms with E-state index in [0.29, 0.717) is 6.61 Å². The number of fused-ring (bicyclic) bond motifs is 2. The molecule has 4 rings (SSSR count). The molecule has 1 heterocycles. The maximum atomic E-state index is 12.7. The van der Waals surface area contributed by atoms with Crippen LogP contribution in [0.3, 0.4) is 0 Å². The van der Waals surface area contributed by atoms with Gasteiger partial charge < -0.3 is 4.74 Å². The number of nitrogens with zero attached hydrogens (tertiary/aromatic N) is 1. The highest BCUT2D eigenvalue weighted by molar-refractivity contribution is 9.10. The van der Waals surface area contributed by atoms with E-state index < -0.39 is 0 Å². The maximum absolute atomic E-state index is 12.7. The Hall–Kier alpha value is -1.81. The van der Waals surface area contributed by atoms with Crippen molar-refractivity contribution in [3.8, 4) is 0 Å². The van der Waals surface area contributed by atoms with Crippen LogP contribution in [0.2, 0.25) is 0 Å². The lowest BCUT2D eigenvalue weighted by molar-refractivity contribution is 0.146. The van der Waals surface area contributed by atoms with Crippen LogP contribution < -0.4 is 4.90 Å². The normalized spacial score (nSPS) is 18.0. The van der Waals surface area contributed by atoms with E-state index >= 15 is 0 Å². The third-order valence-electron chi connectivity index (χ3n) is 5.27. The molecule has 0 aromatic heterocycles. The summed E-state index contributed by atoms with van der Waals surface area (Å²) in [6.45, 7) is 1.05. The largest absolute Gasteiger partial charge is 0.444 e. The summed E-state index contributed by atoms with van der Waals surface area (Å²) in [5, 5.41) is 0. The van der Waals surface area contributed by atoms with Gasteiger partial charge in [0.15, 0.2) is 0 Å². The number of hydrogen-bond donors (Lipinski definition) is 0. The topological polar surface area (TPSA) is 29.5 Å². The second-order valence-corrected chi connectivity index (χ2v) is 7.69. The third-order valence-corrected chi connectivity index (χ3v) is 5.76. The second-order valence-electron chi connectivity index (χ2n) is 6.78. The molecule has 0 atom stereocenters. The molecule has 0 unspecified atom stereocenters. The van der Waals surface area contributed by atoms with E-state index in [1.807, 2.05) is 41.3 Å². The van der Waals surface area contributed by atoms with E-state index in [1.165, 1.54) is 18.4 Å². The van der Waals surface area contributed by atoms with E-state index in [0.717, 1.165) is 35.1 Å². The summed E-state index contributed by atoms with van der Waals surface area (Å²) < 4.78 is 6.58. The van der Waals surface area contributed by atoms with Crippen LogP contribution >= 0.6 is 15.9 Å². The zero-order valence-electron chi connectivity index (χ0n) is 13.5. The molecule has 1 saturated carbocycles. The van der Waals surface area contributed by atoms with Crippen LogP contribution in [0.4, 0.5) is 10.5 Å². The summed E-state index contributed by atoms with van der Waals surface area (Å²) in [5.74, 6) is 0. The quantitative estimate of drug-likeness (QED) is 0.690. The van der Waals surface area contributed by atoms with Gasteiger partial charge in [-0.15, -0.1) is 0 Å². The number of benzene rings is 2. The number of anilines is 1. The van der Waals surface area contributed by atoms with E-state index in [2.05, 4.69) is 28.1 Å². The highest BCUT2D eigenvalue weighted by atomic mass is 79.9. The van der Waals surface area contributed by atoms with Crippen LogP contribution in [-0.4, -0.2) is 12.6 Å². The summed E-state index contributed by atoms with van der Waals surface area (Å²) >= 11 is 3.54. The van der Waals surface area contributed by atoms with Crippen molar-refractivity contribution in [2.75, 3.05) is 11.4 Å². The predicted octanol–water partition coefficient (Wildman–Crippen LogP) is 5.42. The zero-order valence-corrected chi connectivity index (χ0v) is 15.1. The van der Waals surface area contributed by atoms with Crippen LogP contribution in [0.1, 0.15) is 36.8 Å². The second kappa shape index (κ2) is 6.25. The predicted molar refractivity (Wildman–Crippen MR) is 98.3 cm³/mol.